The van der Waals surface area contributed by atoms with E-state index in [1.165, 1.54) is 10.5 Å². The fourth-order valence-corrected chi connectivity index (χ4v) is 2.68. The molecule has 0 atom stereocenters. The van der Waals surface area contributed by atoms with Gasteiger partial charge in [0.15, 0.2) is 0 Å². The first-order valence-corrected chi connectivity index (χ1v) is 7.01. The quantitative estimate of drug-likeness (QED) is 0.544. The van der Waals surface area contributed by atoms with Gasteiger partial charge in [-0.1, -0.05) is 11.1 Å². The molecule has 0 bridgehead atoms. The van der Waals surface area contributed by atoms with Crippen LogP contribution in [0.3, 0.4) is 0 Å². The van der Waals surface area contributed by atoms with Gasteiger partial charge in [-0.15, -0.1) is 0 Å². The Morgan fingerprint density at radius 3 is 2.82 bits per heavy atom. The minimum Gasteiger partial charge on any atom is -0.317 e. The van der Waals surface area contributed by atoms with Gasteiger partial charge in [-0.05, 0) is 32.9 Å². The first-order valence-electron chi connectivity index (χ1n) is 7.01. The highest BCUT2D eigenvalue weighted by Crippen LogP contribution is 2.16. The van der Waals surface area contributed by atoms with Gasteiger partial charge in [0, 0.05) is 11.8 Å². The molecule has 3 heterocycles. The number of nitrogens with zero attached hydrogens (tertiary/aromatic N) is 4. The molecule has 0 unspecified atom stereocenters. The van der Waals surface area contributed by atoms with Crippen molar-refractivity contribution in [1.29, 1.82) is 5.26 Å². The van der Waals surface area contributed by atoms with Crippen LogP contribution in [0.4, 0.5) is 5.82 Å². The molecule has 0 aliphatic rings. The number of fused-ring (bicyclic) bond motifs is 2. The van der Waals surface area contributed by atoms with E-state index in [0.717, 1.165) is 5.56 Å². The van der Waals surface area contributed by atoms with Crippen LogP contribution in [0.1, 0.15) is 31.0 Å². The standard InChI is InChI=1S/C16H15N5O/c1-9(2)21-13(18)11(8-17)7-12-15(21)19-14-10(3)5-4-6-20(14)16(12)22/h4-7,9,18H,1-3H3/p+1. The highest BCUT2D eigenvalue weighted by atomic mass is 16.1. The van der Waals surface area contributed by atoms with E-state index in [-0.39, 0.29) is 17.2 Å². The molecule has 0 spiro atoms. The lowest BCUT2D eigenvalue weighted by atomic mass is 10.2. The van der Waals surface area contributed by atoms with Crippen LogP contribution in [-0.2, 0) is 0 Å². The molecule has 6 heteroatoms. The van der Waals surface area contributed by atoms with Gasteiger partial charge in [-0.3, -0.25) is 9.20 Å². The second kappa shape index (κ2) is 4.81. The number of nitrogens with two attached hydrogens (primary N) is 1. The maximum Gasteiger partial charge on any atom is 0.278 e. The second-order valence-electron chi connectivity index (χ2n) is 5.56. The zero-order valence-electron chi connectivity index (χ0n) is 12.7. The van der Waals surface area contributed by atoms with Gasteiger partial charge >= 0.3 is 0 Å². The Morgan fingerprint density at radius 2 is 2.18 bits per heavy atom. The van der Waals surface area contributed by atoms with Crippen molar-refractivity contribution in [2.45, 2.75) is 26.8 Å². The molecule has 0 aliphatic carbocycles. The highest BCUT2D eigenvalue weighted by molar-refractivity contribution is 5.77. The smallest absolute Gasteiger partial charge is 0.278 e. The van der Waals surface area contributed by atoms with Gasteiger partial charge in [-0.25, -0.2) is 4.57 Å². The molecule has 0 radical (unpaired) electrons. The van der Waals surface area contributed by atoms with Crippen LogP contribution in [0, 0.1) is 18.3 Å². The molecule has 0 saturated carbocycles. The average Bonchev–Trinajstić information content (AvgIpc) is 2.48. The van der Waals surface area contributed by atoms with Gasteiger partial charge in [0.05, 0.1) is 6.04 Å². The first kappa shape index (κ1) is 14.0. The third kappa shape index (κ3) is 1.83. The third-order valence-electron chi connectivity index (χ3n) is 3.75. The first-order chi connectivity index (χ1) is 10.5. The van der Waals surface area contributed by atoms with E-state index in [9.17, 15) is 10.1 Å². The largest absolute Gasteiger partial charge is 0.317 e. The molecule has 3 aromatic heterocycles. The maximum atomic E-state index is 12.8. The number of nitriles is 1. The van der Waals surface area contributed by atoms with Crippen LogP contribution in [0.25, 0.3) is 16.7 Å². The molecule has 22 heavy (non-hydrogen) atoms. The van der Waals surface area contributed by atoms with Crippen molar-refractivity contribution in [1.82, 2.24) is 9.38 Å². The topological polar surface area (TPSA) is 88.1 Å². The number of pyridine rings is 2. The number of hydrogen-bond donors (Lipinski definition) is 1. The van der Waals surface area contributed by atoms with Gasteiger partial charge in [0.2, 0.25) is 11.5 Å². The fraction of sp³-hybridized carbons (Fsp3) is 0.250. The molecule has 6 nitrogen and oxygen atoms in total. The van der Waals surface area contributed by atoms with Crippen molar-refractivity contribution in [3.05, 3.63) is 45.9 Å². The summed E-state index contributed by atoms with van der Waals surface area (Å²) in [5.41, 5.74) is 8.17. The number of hydrogen-bond acceptors (Lipinski definition) is 4. The minimum absolute atomic E-state index is 0.0193. The molecule has 0 aliphatic heterocycles. The van der Waals surface area contributed by atoms with E-state index in [0.29, 0.717) is 22.5 Å². The molecule has 3 rings (SSSR count). The molecule has 110 valence electrons. The zero-order valence-corrected chi connectivity index (χ0v) is 12.7. The van der Waals surface area contributed by atoms with E-state index in [2.05, 4.69) is 4.98 Å². The summed E-state index contributed by atoms with van der Waals surface area (Å²) in [6, 6.07) is 7.25. The number of nitrogen functional groups attached to an aromatic ring is 1. The highest BCUT2D eigenvalue weighted by Gasteiger charge is 2.22. The van der Waals surface area contributed by atoms with E-state index >= 15 is 0 Å². The number of aryl methyl sites for hydroxylation is 1. The van der Waals surface area contributed by atoms with Crippen LogP contribution in [0.5, 0.6) is 0 Å². The predicted octanol–water partition coefficient (Wildman–Crippen LogP) is 1.48. The Morgan fingerprint density at radius 1 is 1.45 bits per heavy atom. The van der Waals surface area contributed by atoms with E-state index in [1.807, 2.05) is 32.9 Å². The molecule has 3 aromatic rings. The van der Waals surface area contributed by atoms with Gasteiger partial charge in [0.25, 0.3) is 11.2 Å². The lowest BCUT2D eigenvalue weighted by Crippen LogP contribution is -2.43. The third-order valence-corrected chi connectivity index (χ3v) is 3.75. The summed E-state index contributed by atoms with van der Waals surface area (Å²) in [5.74, 6) is 0.329. The van der Waals surface area contributed by atoms with Crippen molar-refractivity contribution < 1.29 is 4.57 Å². The predicted molar refractivity (Wildman–Crippen MR) is 83.4 cm³/mol. The van der Waals surface area contributed by atoms with Crippen molar-refractivity contribution in [2.75, 3.05) is 5.73 Å². The van der Waals surface area contributed by atoms with Crippen LogP contribution in [0.15, 0.2) is 29.2 Å². The number of rotatable bonds is 1. The van der Waals surface area contributed by atoms with Crippen LogP contribution in [-0.4, -0.2) is 9.38 Å². The summed E-state index contributed by atoms with van der Waals surface area (Å²) in [4.78, 5) is 17.4. The Hall–Kier alpha value is -2.94. The maximum absolute atomic E-state index is 12.8. The summed E-state index contributed by atoms with van der Waals surface area (Å²) < 4.78 is 3.24. The fourth-order valence-electron chi connectivity index (χ4n) is 2.68. The van der Waals surface area contributed by atoms with E-state index in [4.69, 9.17) is 5.73 Å². The minimum atomic E-state index is -0.199. The SMILES string of the molecule is Cc1cccn2c(=O)c3cc(C#N)c(N)[n+](C(C)C)c3nc12. The Bertz CT molecular complexity index is 1010. The molecule has 0 saturated heterocycles. The molecule has 2 N–H and O–H groups in total. The Balaban J connectivity index is 2.65. The summed E-state index contributed by atoms with van der Waals surface area (Å²) in [6.07, 6.45) is 1.68. The van der Waals surface area contributed by atoms with Gasteiger partial charge in [-0.2, -0.15) is 5.26 Å². The van der Waals surface area contributed by atoms with Crippen molar-refractivity contribution in [3.8, 4) is 6.07 Å². The van der Waals surface area contributed by atoms with E-state index in [1.54, 1.807) is 16.8 Å². The van der Waals surface area contributed by atoms with Crippen molar-refractivity contribution in [3.63, 3.8) is 0 Å². The van der Waals surface area contributed by atoms with E-state index < -0.39 is 0 Å². The molecular formula is C16H16N5O+. The Labute approximate surface area is 127 Å². The van der Waals surface area contributed by atoms with Crippen molar-refractivity contribution in [2.24, 2.45) is 0 Å². The zero-order chi connectivity index (χ0) is 16.0. The lowest BCUT2D eigenvalue weighted by molar-refractivity contribution is -0.679. The number of anilines is 1. The second-order valence-corrected chi connectivity index (χ2v) is 5.56. The average molecular weight is 294 g/mol. The van der Waals surface area contributed by atoms with Crippen LogP contribution >= 0.6 is 0 Å². The molecule has 0 fully saturated rings. The summed E-state index contributed by atoms with van der Waals surface area (Å²) in [5, 5.41) is 9.65. The van der Waals surface area contributed by atoms with Gasteiger partial charge in [0.1, 0.15) is 17.0 Å². The lowest BCUT2D eigenvalue weighted by Gasteiger charge is -2.12. The summed E-state index contributed by atoms with van der Waals surface area (Å²) in [7, 11) is 0. The number of aromatic nitrogens is 3. The monoisotopic (exact) mass is 294 g/mol. The molecular weight excluding hydrogens is 278 g/mol. The summed E-state index contributed by atoms with van der Waals surface area (Å²) >= 11 is 0. The van der Waals surface area contributed by atoms with Crippen LogP contribution in [0.2, 0.25) is 0 Å². The van der Waals surface area contributed by atoms with Crippen molar-refractivity contribution >= 4 is 22.5 Å². The normalized spacial score (nSPS) is 11.2. The summed E-state index contributed by atoms with van der Waals surface area (Å²) in [6.45, 7) is 5.79. The van der Waals surface area contributed by atoms with Gasteiger partial charge < -0.3 is 5.73 Å². The van der Waals surface area contributed by atoms with Crippen LogP contribution < -0.4 is 15.9 Å². The Kier molecular flexibility index (Phi) is 3.06. The molecule has 0 aromatic carbocycles. The molecule has 0 amide bonds.